The maximum Gasteiger partial charge on any atom is 0.271 e. The van der Waals surface area contributed by atoms with Gasteiger partial charge in [0.1, 0.15) is 12.7 Å². The van der Waals surface area contributed by atoms with Gasteiger partial charge < -0.3 is 0 Å². The minimum Gasteiger partial charge on any atom is -0.268 e. The van der Waals surface area contributed by atoms with Gasteiger partial charge in [-0.1, -0.05) is 24.3 Å². The highest BCUT2D eigenvalue weighted by molar-refractivity contribution is 8.19. The summed E-state index contributed by atoms with van der Waals surface area (Å²) >= 11 is 2.93. The van der Waals surface area contributed by atoms with Crippen molar-refractivity contribution >= 4 is 45.9 Å². The minimum atomic E-state index is -0.0913. The number of thiophene rings is 1. The number of hydrogen-bond acceptors (Lipinski definition) is 6. The van der Waals surface area contributed by atoms with Gasteiger partial charge in [0.05, 0.1) is 10.6 Å². The first-order valence-electron chi connectivity index (χ1n) is 7.07. The Morgan fingerprint density at radius 3 is 2.54 bits per heavy atom. The van der Waals surface area contributed by atoms with Crippen LogP contribution in [-0.2, 0) is 4.79 Å². The molecule has 24 heavy (non-hydrogen) atoms. The Hall–Kier alpha value is -2.71. The van der Waals surface area contributed by atoms with Crippen LogP contribution in [0.15, 0.2) is 70.5 Å². The maximum absolute atomic E-state index is 12.9. The second-order valence-electron chi connectivity index (χ2n) is 4.83. The molecule has 0 radical (unpaired) electrons. The molecule has 1 saturated heterocycles. The summed E-state index contributed by atoms with van der Waals surface area (Å²) in [4.78, 5) is 16.2. The number of hydrogen-bond donors (Lipinski definition) is 0. The zero-order chi connectivity index (χ0) is 16.4. The van der Waals surface area contributed by atoms with Crippen molar-refractivity contribution in [3.05, 3.63) is 70.3 Å². The smallest absolute Gasteiger partial charge is 0.268 e. The van der Waals surface area contributed by atoms with Crippen LogP contribution in [0.25, 0.3) is 6.08 Å². The summed E-state index contributed by atoms with van der Waals surface area (Å²) in [5.41, 5.74) is 0.774. The fourth-order valence-electron chi connectivity index (χ4n) is 2.19. The van der Waals surface area contributed by atoms with E-state index in [1.807, 2.05) is 53.9 Å². The van der Waals surface area contributed by atoms with Gasteiger partial charge in [-0.2, -0.15) is 0 Å². The molecule has 6 nitrogen and oxygen atoms in total. The number of amidine groups is 1. The van der Waals surface area contributed by atoms with Crippen LogP contribution in [0.1, 0.15) is 4.88 Å². The van der Waals surface area contributed by atoms with Crippen molar-refractivity contribution in [2.75, 3.05) is 4.90 Å². The first-order chi connectivity index (χ1) is 11.8. The van der Waals surface area contributed by atoms with Gasteiger partial charge in [-0.3, -0.25) is 9.69 Å². The number of anilines is 1. The second-order valence-corrected chi connectivity index (χ2v) is 6.82. The predicted octanol–water partition coefficient (Wildman–Crippen LogP) is 3.28. The standard InChI is InChI=1S/C16H11N5OS2/c22-15-14(9-13-7-4-8-23-13)24-16(19-20-10-17-18-11-20)21(15)12-5-2-1-3-6-12/h1-11H. The van der Waals surface area contributed by atoms with Gasteiger partial charge in [0, 0.05) is 4.88 Å². The highest BCUT2D eigenvalue weighted by Gasteiger charge is 2.35. The van der Waals surface area contributed by atoms with Gasteiger partial charge in [0.15, 0.2) is 0 Å². The van der Waals surface area contributed by atoms with E-state index >= 15 is 0 Å². The summed E-state index contributed by atoms with van der Waals surface area (Å²) in [6, 6.07) is 13.4. The van der Waals surface area contributed by atoms with Crippen LogP contribution in [-0.4, -0.2) is 25.9 Å². The molecule has 0 aliphatic carbocycles. The molecule has 2 aromatic heterocycles. The Bertz CT molecular complexity index is 901. The highest BCUT2D eigenvalue weighted by atomic mass is 32.2. The summed E-state index contributed by atoms with van der Waals surface area (Å²) in [5.74, 6) is -0.0913. The summed E-state index contributed by atoms with van der Waals surface area (Å²) in [7, 11) is 0. The number of benzene rings is 1. The second kappa shape index (κ2) is 6.42. The molecule has 0 bridgehead atoms. The third kappa shape index (κ3) is 2.89. The third-order valence-electron chi connectivity index (χ3n) is 3.24. The van der Waals surface area contributed by atoms with Gasteiger partial charge in [-0.15, -0.1) is 26.6 Å². The quantitative estimate of drug-likeness (QED) is 0.678. The number of amides is 1. The Labute approximate surface area is 146 Å². The van der Waals surface area contributed by atoms with E-state index in [2.05, 4.69) is 15.3 Å². The predicted molar refractivity (Wildman–Crippen MR) is 96.7 cm³/mol. The minimum absolute atomic E-state index is 0.0913. The number of carbonyl (C=O) groups excluding carboxylic acids is 1. The summed E-state index contributed by atoms with van der Waals surface area (Å²) in [6.45, 7) is 0. The monoisotopic (exact) mass is 353 g/mol. The average Bonchev–Trinajstić information content (AvgIpc) is 3.33. The maximum atomic E-state index is 12.9. The van der Waals surface area contributed by atoms with Gasteiger partial charge in [-0.25, -0.2) is 4.68 Å². The van der Waals surface area contributed by atoms with Crippen molar-refractivity contribution in [2.24, 2.45) is 5.10 Å². The first-order valence-corrected chi connectivity index (χ1v) is 8.77. The lowest BCUT2D eigenvalue weighted by Gasteiger charge is -2.14. The lowest BCUT2D eigenvalue weighted by molar-refractivity contribution is -0.113. The van der Waals surface area contributed by atoms with E-state index in [1.54, 1.807) is 16.2 Å². The van der Waals surface area contributed by atoms with E-state index in [-0.39, 0.29) is 5.91 Å². The van der Waals surface area contributed by atoms with E-state index in [4.69, 9.17) is 0 Å². The molecule has 0 atom stereocenters. The number of thioether (sulfide) groups is 1. The molecule has 0 saturated carbocycles. The van der Waals surface area contributed by atoms with Gasteiger partial charge in [0.25, 0.3) is 5.91 Å². The van der Waals surface area contributed by atoms with E-state index < -0.39 is 0 Å². The Balaban J connectivity index is 1.77. The van der Waals surface area contributed by atoms with E-state index in [1.165, 1.54) is 29.1 Å². The molecule has 0 unspecified atom stereocenters. The Morgan fingerprint density at radius 2 is 1.83 bits per heavy atom. The number of para-hydroxylation sites is 1. The van der Waals surface area contributed by atoms with E-state index in [0.29, 0.717) is 10.1 Å². The molecule has 0 spiro atoms. The molecular formula is C16H11N5OS2. The molecule has 118 valence electrons. The van der Waals surface area contributed by atoms with Crippen LogP contribution in [0, 0.1) is 0 Å². The molecule has 1 fully saturated rings. The van der Waals surface area contributed by atoms with E-state index in [0.717, 1.165) is 10.6 Å². The van der Waals surface area contributed by atoms with Crippen LogP contribution in [0.4, 0.5) is 5.69 Å². The molecule has 3 heterocycles. The van der Waals surface area contributed by atoms with Gasteiger partial charge in [-0.05, 0) is 41.4 Å². The van der Waals surface area contributed by atoms with Crippen molar-refractivity contribution in [3.8, 4) is 0 Å². The summed E-state index contributed by atoms with van der Waals surface area (Å²) in [5, 5.41) is 14.5. The Kier molecular flexibility index (Phi) is 3.97. The van der Waals surface area contributed by atoms with Crippen LogP contribution in [0.3, 0.4) is 0 Å². The summed E-state index contributed by atoms with van der Waals surface area (Å²) in [6.07, 6.45) is 4.87. The van der Waals surface area contributed by atoms with Crippen molar-refractivity contribution in [2.45, 2.75) is 0 Å². The zero-order valence-electron chi connectivity index (χ0n) is 12.3. The molecule has 0 N–H and O–H groups in total. The molecule has 4 rings (SSSR count). The molecule has 1 aliphatic heterocycles. The largest absolute Gasteiger partial charge is 0.271 e. The number of nitrogens with zero attached hydrogens (tertiary/aromatic N) is 5. The molecular weight excluding hydrogens is 342 g/mol. The molecule has 8 heteroatoms. The number of carbonyl (C=O) groups is 1. The Morgan fingerprint density at radius 1 is 1.04 bits per heavy atom. The van der Waals surface area contributed by atoms with Crippen molar-refractivity contribution in [1.29, 1.82) is 0 Å². The van der Waals surface area contributed by atoms with E-state index in [9.17, 15) is 4.79 Å². The highest BCUT2D eigenvalue weighted by Crippen LogP contribution is 2.36. The van der Waals surface area contributed by atoms with Crippen LogP contribution in [0.5, 0.6) is 0 Å². The van der Waals surface area contributed by atoms with Crippen molar-refractivity contribution in [3.63, 3.8) is 0 Å². The normalized spacial score (nSPS) is 18.0. The van der Waals surface area contributed by atoms with Crippen LogP contribution in [0.2, 0.25) is 0 Å². The topological polar surface area (TPSA) is 63.4 Å². The SMILES string of the molecule is O=C1C(=Cc2cccs2)SC(=Nn2cnnc2)N1c1ccccc1. The number of rotatable bonds is 3. The lowest BCUT2D eigenvalue weighted by Crippen LogP contribution is -2.29. The molecule has 1 aliphatic rings. The average molecular weight is 353 g/mol. The molecule has 1 amide bonds. The third-order valence-corrected chi connectivity index (χ3v) is 5.02. The zero-order valence-corrected chi connectivity index (χ0v) is 13.9. The van der Waals surface area contributed by atoms with Gasteiger partial charge >= 0.3 is 0 Å². The summed E-state index contributed by atoms with van der Waals surface area (Å²) < 4.78 is 1.49. The van der Waals surface area contributed by atoms with Gasteiger partial charge in [0.2, 0.25) is 5.17 Å². The number of aromatic nitrogens is 3. The first kappa shape index (κ1) is 14.9. The lowest BCUT2D eigenvalue weighted by atomic mass is 10.3. The van der Waals surface area contributed by atoms with Crippen molar-refractivity contribution in [1.82, 2.24) is 14.9 Å². The van der Waals surface area contributed by atoms with Crippen LogP contribution >= 0.6 is 23.1 Å². The molecule has 3 aromatic rings. The molecule has 1 aromatic carbocycles. The fraction of sp³-hybridized carbons (Fsp3) is 0. The fourth-order valence-corrected chi connectivity index (χ4v) is 3.90. The van der Waals surface area contributed by atoms with Crippen molar-refractivity contribution < 1.29 is 4.79 Å². The van der Waals surface area contributed by atoms with Crippen LogP contribution < -0.4 is 4.90 Å².